The number of Topliss-reactive ketones (excluding diaryl/α,β-unsaturated/α-hetero) is 1. The Morgan fingerprint density at radius 2 is 2.12 bits per heavy atom. The third kappa shape index (κ3) is 3.67. The molecule has 2 fully saturated rings. The van der Waals surface area contributed by atoms with Crippen molar-refractivity contribution in [2.45, 2.75) is 35.6 Å². The molecule has 136 valence electrons. The van der Waals surface area contributed by atoms with Gasteiger partial charge >= 0.3 is 14.0 Å². The molecule has 0 bridgehead atoms. The highest BCUT2D eigenvalue weighted by Crippen LogP contribution is 2.55. The number of nitrogens with zero attached hydrogens (tertiary/aromatic N) is 1. The highest BCUT2D eigenvalue weighted by molar-refractivity contribution is 8.19. The Hall–Kier alpha value is -1.41. The van der Waals surface area contributed by atoms with Crippen LogP contribution in [0.1, 0.15) is 25.3 Å². The van der Waals surface area contributed by atoms with E-state index in [1.165, 1.54) is 23.5 Å². The standard InChI is InChI=1S/C18H20BNO4S2/c1-2-8-25-18(17(23)24-19)11-20-15(22)14(16(20)26-18)10-13(21)9-12-6-4-3-5-7-12/h3-7,14,16H,2,8-11H2,1H3/t14-,16-,18-/m1/s1. The van der Waals surface area contributed by atoms with E-state index in [-0.39, 0.29) is 35.9 Å². The summed E-state index contributed by atoms with van der Waals surface area (Å²) in [6.07, 6.45) is 1.43. The molecule has 2 radical (unpaired) electrons. The van der Waals surface area contributed by atoms with Gasteiger partial charge in [-0.05, 0) is 17.7 Å². The molecule has 26 heavy (non-hydrogen) atoms. The molecule has 0 saturated carbocycles. The first-order chi connectivity index (χ1) is 12.5. The molecular formula is C18H20BNO4S2. The van der Waals surface area contributed by atoms with E-state index >= 15 is 0 Å². The van der Waals surface area contributed by atoms with Crippen LogP contribution in [0.4, 0.5) is 0 Å². The number of β-lactam (4-membered cyclic amide) rings is 1. The second-order valence-electron chi connectivity index (χ2n) is 6.49. The van der Waals surface area contributed by atoms with Crippen molar-refractivity contribution >= 4 is 49.2 Å². The minimum Gasteiger partial charge on any atom is -0.542 e. The lowest BCUT2D eigenvalue weighted by atomic mass is 9.90. The molecule has 0 N–H and O–H groups in total. The number of hydrogen-bond donors (Lipinski definition) is 0. The molecule has 0 unspecified atom stereocenters. The lowest BCUT2D eigenvalue weighted by Gasteiger charge is -2.41. The molecule has 0 aliphatic carbocycles. The van der Waals surface area contributed by atoms with Crippen molar-refractivity contribution in [2.75, 3.05) is 12.3 Å². The van der Waals surface area contributed by atoms with Crippen LogP contribution < -0.4 is 0 Å². The van der Waals surface area contributed by atoms with E-state index in [9.17, 15) is 14.4 Å². The molecule has 3 atom stereocenters. The molecule has 1 aromatic carbocycles. The quantitative estimate of drug-likeness (QED) is 0.502. The van der Waals surface area contributed by atoms with Crippen LogP contribution in [0.3, 0.4) is 0 Å². The SMILES string of the molecule is [B]OC(=O)[C@@]1(SCCC)CN2C(=O)[C@@H](CC(=O)Cc3ccccc3)[C@H]2S1. The molecule has 1 amide bonds. The van der Waals surface area contributed by atoms with Gasteiger partial charge in [0.05, 0.1) is 17.8 Å². The van der Waals surface area contributed by atoms with Crippen LogP contribution >= 0.6 is 23.5 Å². The van der Waals surface area contributed by atoms with Gasteiger partial charge in [-0.3, -0.25) is 14.4 Å². The van der Waals surface area contributed by atoms with Gasteiger partial charge in [0.1, 0.15) is 5.78 Å². The Kier molecular flexibility index (Phi) is 6.02. The summed E-state index contributed by atoms with van der Waals surface area (Å²) in [4.78, 5) is 38.8. The van der Waals surface area contributed by atoms with Gasteiger partial charge in [-0.2, -0.15) is 0 Å². The van der Waals surface area contributed by atoms with E-state index < -0.39 is 10.0 Å². The predicted octanol–water partition coefficient (Wildman–Crippen LogP) is 2.19. The number of thioether (sulfide) groups is 2. The van der Waals surface area contributed by atoms with Crippen LogP contribution in [0.5, 0.6) is 0 Å². The zero-order valence-electron chi connectivity index (χ0n) is 14.6. The fourth-order valence-corrected chi connectivity index (χ4v) is 6.48. The van der Waals surface area contributed by atoms with Gasteiger partial charge in [0.15, 0.2) is 4.08 Å². The average Bonchev–Trinajstić information content (AvgIpc) is 3.01. The van der Waals surface area contributed by atoms with Gasteiger partial charge in [0.25, 0.3) is 0 Å². The maximum Gasteiger partial charge on any atom is 0.378 e. The smallest absolute Gasteiger partial charge is 0.378 e. The summed E-state index contributed by atoms with van der Waals surface area (Å²) in [6, 6.07) is 9.49. The first-order valence-corrected chi connectivity index (χ1v) is 10.5. The number of hydrogen-bond acceptors (Lipinski definition) is 6. The van der Waals surface area contributed by atoms with Crippen LogP contribution in [0.15, 0.2) is 30.3 Å². The third-order valence-corrected chi connectivity index (χ3v) is 8.11. The van der Waals surface area contributed by atoms with Gasteiger partial charge in [0, 0.05) is 12.8 Å². The molecule has 0 aromatic heterocycles. The average molecular weight is 389 g/mol. The van der Waals surface area contributed by atoms with E-state index in [0.717, 1.165) is 17.7 Å². The number of amides is 1. The van der Waals surface area contributed by atoms with Gasteiger partial charge in [-0.15, -0.1) is 23.5 Å². The van der Waals surface area contributed by atoms with Crippen LogP contribution in [0.25, 0.3) is 0 Å². The Morgan fingerprint density at radius 3 is 2.77 bits per heavy atom. The van der Waals surface area contributed by atoms with Crippen LogP contribution in [0.2, 0.25) is 0 Å². The lowest BCUT2D eigenvalue weighted by Crippen LogP contribution is -2.57. The number of carbonyl (C=O) groups is 3. The first-order valence-electron chi connectivity index (χ1n) is 8.60. The zero-order chi connectivity index (χ0) is 18.7. The molecule has 0 spiro atoms. The van der Waals surface area contributed by atoms with Crippen molar-refractivity contribution in [2.24, 2.45) is 5.92 Å². The molecule has 2 saturated heterocycles. The number of benzene rings is 1. The van der Waals surface area contributed by atoms with Crippen molar-refractivity contribution in [3.8, 4) is 0 Å². The molecule has 3 rings (SSSR count). The molecule has 2 heterocycles. The van der Waals surface area contributed by atoms with Gasteiger partial charge < -0.3 is 9.55 Å². The number of ketones is 1. The van der Waals surface area contributed by atoms with Crippen LogP contribution in [-0.4, -0.2) is 52.4 Å². The van der Waals surface area contributed by atoms with Crippen LogP contribution in [-0.2, 0) is 25.5 Å². The van der Waals surface area contributed by atoms with E-state index in [0.29, 0.717) is 6.42 Å². The van der Waals surface area contributed by atoms with Crippen LogP contribution in [0, 0.1) is 5.92 Å². The summed E-state index contributed by atoms with van der Waals surface area (Å²) in [5, 5.41) is -0.161. The fraction of sp³-hybridized carbons (Fsp3) is 0.500. The van der Waals surface area contributed by atoms with Gasteiger partial charge in [0.2, 0.25) is 5.91 Å². The molecule has 8 heteroatoms. The Morgan fingerprint density at radius 1 is 1.38 bits per heavy atom. The minimum absolute atomic E-state index is 0.0370. The van der Waals surface area contributed by atoms with Crippen molar-refractivity contribution in [1.82, 2.24) is 4.90 Å². The van der Waals surface area contributed by atoms with Crippen molar-refractivity contribution < 1.29 is 19.0 Å². The lowest BCUT2D eigenvalue weighted by molar-refractivity contribution is -0.152. The zero-order valence-corrected chi connectivity index (χ0v) is 16.2. The summed E-state index contributed by atoms with van der Waals surface area (Å²) in [5.74, 6) is -0.139. The number of carbonyl (C=O) groups excluding carboxylic acids is 3. The van der Waals surface area contributed by atoms with E-state index in [2.05, 4.69) is 4.65 Å². The summed E-state index contributed by atoms with van der Waals surface area (Å²) in [6.45, 7) is 2.31. The summed E-state index contributed by atoms with van der Waals surface area (Å²) in [5.41, 5.74) is 0.944. The molecular weight excluding hydrogens is 369 g/mol. The second kappa shape index (κ2) is 8.09. The normalized spacial score (nSPS) is 27.0. The van der Waals surface area contributed by atoms with Gasteiger partial charge in [-0.25, -0.2) is 0 Å². The Labute approximate surface area is 163 Å². The molecule has 2 aliphatic rings. The largest absolute Gasteiger partial charge is 0.542 e. The molecule has 2 aliphatic heterocycles. The minimum atomic E-state index is -0.887. The van der Waals surface area contributed by atoms with Gasteiger partial charge in [-0.1, -0.05) is 37.3 Å². The molecule has 1 aromatic rings. The summed E-state index contributed by atoms with van der Waals surface area (Å²) < 4.78 is 3.62. The molecule has 5 nitrogen and oxygen atoms in total. The topological polar surface area (TPSA) is 63.7 Å². The van der Waals surface area contributed by atoms with Crippen molar-refractivity contribution in [3.63, 3.8) is 0 Å². The van der Waals surface area contributed by atoms with Crippen molar-refractivity contribution in [3.05, 3.63) is 35.9 Å². The Bertz CT molecular complexity index is 702. The monoisotopic (exact) mass is 389 g/mol. The third-order valence-electron chi connectivity index (χ3n) is 4.59. The second-order valence-corrected chi connectivity index (χ2v) is 9.56. The maximum absolute atomic E-state index is 12.5. The summed E-state index contributed by atoms with van der Waals surface area (Å²) in [7, 11) is 5.12. The highest BCUT2D eigenvalue weighted by Gasteiger charge is 2.62. The summed E-state index contributed by atoms with van der Waals surface area (Å²) >= 11 is 2.87. The van der Waals surface area contributed by atoms with E-state index in [1.54, 1.807) is 4.90 Å². The maximum atomic E-state index is 12.5. The first kappa shape index (κ1) is 19.4. The van der Waals surface area contributed by atoms with E-state index in [1.807, 2.05) is 37.3 Å². The van der Waals surface area contributed by atoms with Crippen molar-refractivity contribution in [1.29, 1.82) is 0 Å². The fourth-order valence-electron chi connectivity index (χ4n) is 3.30. The number of fused-ring (bicyclic) bond motifs is 1. The Balaban J connectivity index is 1.65. The van der Waals surface area contributed by atoms with E-state index in [4.69, 9.17) is 8.05 Å². The highest BCUT2D eigenvalue weighted by atomic mass is 32.2. The number of rotatable bonds is 8. The predicted molar refractivity (Wildman–Crippen MR) is 104 cm³/mol.